The number of benzene rings is 1. The summed E-state index contributed by atoms with van der Waals surface area (Å²) in [7, 11) is 1.40. The van der Waals surface area contributed by atoms with Crippen LogP contribution in [-0.2, 0) is 24.1 Å². The Balaban J connectivity index is 1.50. The second kappa shape index (κ2) is 11.8. The van der Waals surface area contributed by atoms with Crippen molar-refractivity contribution in [1.82, 2.24) is 9.88 Å². The molecule has 0 fully saturated rings. The number of nitrogens with one attached hydrogen (secondary N) is 1. The molecule has 220 valence electrons. The van der Waals surface area contributed by atoms with E-state index in [0.717, 1.165) is 58.0 Å². The number of hydrogen-bond donors (Lipinski definition) is 1. The fourth-order valence-corrected chi connectivity index (χ4v) is 7.19. The first-order valence-electron chi connectivity index (χ1n) is 14.4. The summed E-state index contributed by atoms with van der Waals surface area (Å²) in [4.78, 5) is 32.1. The smallest absolute Gasteiger partial charge is 0.338 e. The Bertz CT molecular complexity index is 1650. The number of hydrogen-bond acceptors (Lipinski definition) is 6. The monoisotopic (exact) mass is 585 g/mol. The molecule has 3 heterocycles. The molecule has 1 atom stereocenters. The number of nitrogens with zero attached hydrogens (tertiary/aromatic N) is 2. The molecule has 4 aromatic rings. The summed E-state index contributed by atoms with van der Waals surface area (Å²) >= 11 is 1.64. The number of thiophene rings is 1. The van der Waals surface area contributed by atoms with Crippen LogP contribution in [0.15, 0.2) is 52.1 Å². The van der Waals surface area contributed by atoms with Crippen LogP contribution in [0.1, 0.15) is 86.6 Å². The van der Waals surface area contributed by atoms with Crippen LogP contribution >= 0.6 is 11.3 Å². The van der Waals surface area contributed by atoms with Crippen LogP contribution in [0, 0.1) is 32.1 Å². The van der Waals surface area contributed by atoms with E-state index in [2.05, 4.69) is 36.7 Å². The molecule has 0 spiro atoms. The average molecular weight is 586 g/mol. The molecule has 0 bridgehead atoms. The van der Waals surface area contributed by atoms with Crippen LogP contribution in [0.3, 0.4) is 0 Å². The summed E-state index contributed by atoms with van der Waals surface area (Å²) in [5.41, 5.74) is 7.30. The molecule has 1 N–H and O–H groups in total. The summed E-state index contributed by atoms with van der Waals surface area (Å²) in [5.74, 6) is 0.796. The predicted molar refractivity (Wildman–Crippen MR) is 168 cm³/mol. The molecule has 7 nitrogen and oxygen atoms in total. The zero-order valence-corrected chi connectivity index (χ0v) is 26.3. The van der Waals surface area contributed by atoms with Gasteiger partial charge in [-0.3, -0.25) is 4.79 Å². The largest absolute Gasteiger partial charge is 0.467 e. The Morgan fingerprint density at radius 1 is 1.19 bits per heavy atom. The van der Waals surface area contributed by atoms with Gasteiger partial charge in [0.05, 0.1) is 31.0 Å². The number of furan rings is 1. The minimum atomic E-state index is -0.355. The molecule has 42 heavy (non-hydrogen) atoms. The summed E-state index contributed by atoms with van der Waals surface area (Å²) in [6.07, 6.45) is 6.36. The highest BCUT2D eigenvalue weighted by molar-refractivity contribution is 7.16. The quantitative estimate of drug-likeness (QED) is 0.178. The van der Waals surface area contributed by atoms with Gasteiger partial charge >= 0.3 is 5.97 Å². The van der Waals surface area contributed by atoms with Crippen molar-refractivity contribution in [2.24, 2.45) is 16.3 Å². The molecular formula is C34H39N3O4S. The summed E-state index contributed by atoms with van der Waals surface area (Å²) < 4.78 is 12.5. The molecule has 0 saturated heterocycles. The summed E-state index contributed by atoms with van der Waals surface area (Å²) in [6, 6.07) is 11.4. The summed E-state index contributed by atoms with van der Waals surface area (Å²) in [6.45, 7) is 13.2. The number of ether oxygens (including phenoxy) is 1. The lowest BCUT2D eigenvalue weighted by Crippen LogP contribution is -2.28. The highest BCUT2D eigenvalue weighted by Gasteiger charge is 2.33. The first-order chi connectivity index (χ1) is 20.0. The van der Waals surface area contributed by atoms with Crippen molar-refractivity contribution in [2.75, 3.05) is 7.11 Å². The van der Waals surface area contributed by atoms with Crippen molar-refractivity contribution in [3.05, 3.63) is 92.5 Å². The van der Waals surface area contributed by atoms with E-state index in [1.165, 1.54) is 12.0 Å². The Kier molecular flexibility index (Phi) is 8.28. The standard InChI is InChI=1S/C34H39N3O4S/c1-20-16-23(22(3)37(20)28-12-8-11-26(21(28)2)33(39)40-7)18-36-32-30(31(38)35-19-25-10-9-15-41-25)27-14-13-24(34(4,5)6)17-29(27)42-32/h8-12,15-16,18,24H,13-14,17,19H2,1-7H3,(H,35,38)/t24-/m0/s1. The Morgan fingerprint density at radius 2 is 1.98 bits per heavy atom. The molecule has 0 unspecified atom stereocenters. The van der Waals surface area contributed by atoms with Crippen LogP contribution in [0.25, 0.3) is 5.69 Å². The van der Waals surface area contributed by atoms with E-state index in [1.807, 2.05) is 51.3 Å². The van der Waals surface area contributed by atoms with Crippen LogP contribution in [0.4, 0.5) is 5.00 Å². The van der Waals surface area contributed by atoms with Crippen LogP contribution < -0.4 is 5.32 Å². The predicted octanol–water partition coefficient (Wildman–Crippen LogP) is 7.68. The number of methoxy groups -OCH3 is 1. The van der Waals surface area contributed by atoms with Gasteiger partial charge < -0.3 is 19.0 Å². The van der Waals surface area contributed by atoms with E-state index >= 15 is 0 Å². The van der Waals surface area contributed by atoms with Gasteiger partial charge in [-0.25, -0.2) is 9.79 Å². The molecule has 1 aromatic carbocycles. The second-order valence-corrected chi connectivity index (χ2v) is 13.2. The molecule has 5 rings (SSSR count). The van der Waals surface area contributed by atoms with Gasteiger partial charge in [0.15, 0.2) is 0 Å². The maximum atomic E-state index is 13.6. The number of amides is 1. The maximum absolute atomic E-state index is 13.6. The fourth-order valence-electron chi connectivity index (χ4n) is 5.92. The topological polar surface area (TPSA) is 85.8 Å². The number of aliphatic imine (C=N–C) groups is 1. The molecular weight excluding hydrogens is 546 g/mol. The highest BCUT2D eigenvalue weighted by atomic mass is 32.1. The van der Waals surface area contributed by atoms with Gasteiger partial charge in [-0.15, -0.1) is 11.3 Å². The third-order valence-electron chi connectivity index (χ3n) is 8.44. The van der Waals surface area contributed by atoms with Gasteiger partial charge in [0.2, 0.25) is 0 Å². The van der Waals surface area contributed by atoms with Crippen LogP contribution in [-0.4, -0.2) is 29.8 Å². The minimum absolute atomic E-state index is 0.119. The normalized spacial score (nSPS) is 15.2. The number of esters is 1. The van der Waals surface area contributed by atoms with Crippen molar-refractivity contribution in [3.8, 4) is 5.69 Å². The summed E-state index contributed by atoms with van der Waals surface area (Å²) in [5, 5.41) is 3.78. The molecule has 0 radical (unpaired) electrons. The van der Waals surface area contributed by atoms with Crippen molar-refractivity contribution in [3.63, 3.8) is 0 Å². The van der Waals surface area contributed by atoms with Crippen LogP contribution in [0.2, 0.25) is 0 Å². The van der Waals surface area contributed by atoms with Crippen LogP contribution in [0.5, 0.6) is 0 Å². The van der Waals surface area contributed by atoms with Crippen molar-refractivity contribution in [2.45, 2.75) is 67.3 Å². The first-order valence-corrected chi connectivity index (χ1v) is 15.2. The number of aromatic nitrogens is 1. The Hall–Kier alpha value is -3.91. The minimum Gasteiger partial charge on any atom is -0.467 e. The van der Waals surface area contributed by atoms with Gasteiger partial charge in [0.1, 0.15) is 10.8 Å². The number of aryl methyl sites for hydroxylation is 1. The van der Waals surface area contributed by atoms with Gasteiger partial charge in [-0.2, -0.15) is 0 Å². The third kappa shape index (κ3) is 5.73. The number of fused-ring (bicyclic) bond motifs is 1. The fraction of sp³-hybridized carbons (Fsp3) is 0.382. The molecule has 3 aromatic heterocycles. The number of carbonyl (C=O) groups is 2. The number of rotatable bonds is 7. The molecule has 1 aliphatic carbocycles. The van der Waals surface area contributed by atoms with Crippen molar-refractivity contribution in [1.29, 1.82) is 0 Å². The first kappa shape index (κ1) is 29.6. The van der Waals surface area contributed by atoms with Gasteiger partial charge in [0, 0.05) is 33.7 Å². The molecule has 1 aliphatic rings. The van der Waals surface area contributed by atoms with Crippen molar-refractivity contribution >= 4 is 34.4 Å². The van der Waals surface area contributed by atoms with E-state index < -0.39 is 0 Å². The van der Waals surface area contributed by atoms with Gasteiger partial charge in [-0.05, 0) is 92.8 Å². The molecule has 0 aliphatic heterocycles. The SMILES string of the molecule is COC(=O)c1cccc(-n2c(C)cc(C=Nc3sc4c(c3C(=O)NCc3ccco3)CC[C@H](C(C)(C)C)C4)c2C)c1C. The van der Waals surface area contributed by atoms with Gasteiger partial charge in [-0.1, -0.05) is 26.8 Å². The lowest BCUT2D eigenvalue weighted by Gasteiger charge is -2.33. The zero-order valence-electron chi connectivity index (χ0n) is 25.5. The zero-order chi connectivity index (χ0) is 30.2. The molecule has 8 heteroatoms. The lowest BCUT2D eigenvalue weighted by atomic mass is 9.72. The van der Waals surface area contributed by atoms with E-state index in [0.29, 0.717) is 29.3 Å². The highest BCUT2D eigenvalue weighted by Crippen LogP contribution is 2.45. The Labute approximate surface area is 251 Å². The van der Waals surface area contributed by atoms with Gasteiger partial charge in [0.25, 0.3) is 5.91 Å². The third-order valence-corrected chi connectivity index (χ3v) is 9.61. The number of carbonyl (C=O) groups excluding carboxylic acids is 2. The lowest BCUT2D eigenvalue weighted by molar-refractivity contribution is 0.0599. The van der Waals surface area contributed by atoms with E-state index in [-0.39, 0.29) is 17.3 Å². The van der Waals surface area contributed by atoms with E-state index in [1.54, 1.807) is 23.7 Å². The van der Waals surface area contributed by atoms with Crippen molar-refractivity contribution < 1.29 is 18.7 Å². The molecule has 0 saturated carbocycles. The molecule has 1 amide bonds. The Morgan fingerprint density at radius 3 is 2.67 bits per heavy atom. The van der Waals surface area contributed by atoms with E-state index in [9.17, 15) is 9.59 Å². The second-order valence-electron chi connectivity index (χ2n) is 12.1. The average Bonchev–Trinajstić information content (AvgIpc) is 3.67. The maximum Gasteiger partial charge on any atom is 0.338 e. The van der Waals surface area contributed by atoms with E-state index in [4.69, 9.17) is 14.1 Å².